The van der Waals surface area contributed by atoms with Crippen molar-refractivity contribution in [2.24, 2.45) is 11.0 Å². The number of hydrogen-bond donors (Lipinski definition) is 0. The van der Waals surface area contributed by atoms with Gasteiger partial charge in [0.05, 0.1) is 18.3 Å². The molecule has 2 fully saturated rings. The SMILES string of the molecule is O=C(C1CCN(CC(=O)N2N=C(c3ccc4ccccc4c3)CC2c2ccccc2)CC1)N1CCCC1. The molecular formula is C31H34N4O2. The summed E-state index contributed by atoms with van der Waals surface area (Å²) in [5.41, 5.74) is 3.12. The molecule has 2 saturated heterocycles. The van der Waals surface area contributed by atoms with Crippen LogP contribution in [0, 0.1) is 5.92 Å². The van der Waals surface area contributed by atoms with Crippen LogP contribution in [0.25, 0.3) is 10.8 Å². The molecule has 0 bridgehead atoms. The van der Waals surface area contributed by atoms with Gasteiger partial charge in [0.15, 0.2) is 0 Å². The van der Waals surface area contributed by atoms with Crippen LogP contribution >= 0.6 is 0 Å². The standard InChI is InChI=1S/C31H34N4O2/c36-30(22-33-18-14-25(15-19-33)31(37)34-16-6-7-17-34)35-29(24-9-2-1-3-10-24)21-28(32-35)27-13-12-23-8-4-5-11-26(23)20-27/h1-5,8-13,20,25,29H,6-7,14-19,21-22H2. The molecule has 3 aromatic carbocycles. The lowest BCUT2D eigenvalue weighted by atomic mass is 9.95. The molecule has 0 spiro atoms. The summed E-state index contributed by atoms with van der Waals surface area (Å²) < 4.78 is 0. The van der Waals surface area contributed by atoms with Crippen LogP contribution in [0.2, 0.25) is 0 Å². The second-order valence-electron chi connectivity index (χ2n) is 10.6. The molecule has 0 saturated carbocycles. The van der Waals surface area contributed by atoms with Crippen molar-refractivity contribution in [1.29, 1.82) is 0 Å². The molecule has 6 rings (SSSR count). The first-order valence-electron chi connectivity index (χ1n) is 13.6. The van der Waals surface area contributed by atoms with Gasteiger partial charge in [-0.25, -0.2) is 5.01 Å². The van der Waals surface area contributed by atoms with Gasteiger partial charge < -0.3 is 4.90 Å². The predicted molar refractivity (Wildman–Crippen MR) is 146 cm³/mol. The summed E-state index contributed by atoms with van der Waals surface area (Å²) in [6.07, 6.45) is 4.60. The van der Waals surface area contributed by atoms with Crippen molar-refractivity contribution in [3.63, 3.8) is 0 Å². The molecule has 2 amide bonds. The molecule has 190 valence electrons. The maximum Gasteiger partial charge on any atom is 0.257 e. The average Bonchev–Trinajstić information content (AvgIpc) is 3.65. The third-order valence-corrected chi connectivity index (χ3v) is 8.15. The van der Waals surface area contributed by atoms with Crippen molar-refractivity contribution in [2.45, 2.75) is 38.1 Å². The molecule has 37 heavy (non-hydrogen) atoms. The first-order chi connectivity index (χ1) is 18.2. The predicted octanol–water partition coefficient (Wildman–Crippen LogP) is 4.85. The molecule has 0 N–H and O–H groups in total. The van der Waals surface area contributed by atoms with Gasteiger partial charge in [-0.15, -0.1) is 0 Å². The Morgan fingerprint density at radius 2 is 1.51 bits per heavy atom. The maximum absolute atomic E-state index is 13.6. The average molecular weight is 495 g/mol. The topological polar surface area (TPSA) is 56.2 Å². The number of hydrogen-bond acceptors (Lipinski definition) is 4. The van der Waals surface area contributed by atoms with Crippen molar-refractivity contribution >= 4 is 28.3 Å². The van der Waals surface area contributed by atoms with Gasteiger partial charge in [0.1, 0.15) is 0 Å². The molecule has 6 nitrogen and oxygen atoms in total. The van der Waals surface area contributed by atoms with Gasteiger partial charge >= 0.3 is 0 Å². The minimum absolute atomic E-state index is 0.0222. The number of likely N-dealkylation sites (tertiary alicyclic amines) is 2. The van der Waals surface area contributed by atoms with E-state index in [4.69, 9.17) is 5.10 Å². The van der Waals surface area contributed by atoms with E-state index in [1.54, 1.807) is 5.01 Å². The fraction of sp³-hybridized carbons (Fsp3) is 0.387. The molecule has 3 aromatic rings. The third-order valence-electron chi connectivity index (χ3n) is 8.15. The normalized spacial score (nSPS) is 21.0. The van der Waals surface area contributed by atoms with Crippen molar-refractivity contribution < 1.29 is 9.59 Å². The number of amides is 2. The van der Waals surface area contributed by atoms with E-state index in [0.717, 1.165) is 68.7 Å². The fourth-order valence-electron chi connectivity index (χ4n) is 6.02. The Morgan fingerprint density at radius 3 is 2.27 bits per heavy atom. The Labute approximate surface area is 218 Å². The molecule has 1 atom stereocenters. The van der Waals surface area contributed by atoms with Gasteiger partial charge in [-0.2, -0.15) is 5.10 Å². The molecule has 0 radical (unpaired) electrons. The first kappa shape index (κ1) is 23.9. The Kier molecular flexibility index (Phi) is 6.75. The summed E-state index contributed by atoms with van der Waals surface area (Å²) in [7, 11) is 0. The second-order valence-corrected chi connectivity index (χ2v) is 10.6. The first-order valence-corrected chi connectivity index (χ1v) is 13.6. The van der Waals surface area contributed by atoms with Crippen molar-refractivity contribution in [3.05, 3.63) is 83.9 Å². The van der Waals surface area contributed by atoms with Crippen molar-refractivity contribution in [2.75, 3.05) is 32.7 Å². The zero-order chi connectivity index (χ0) is 25.2. The number of rotatable bonds is 5. The molecule has 6 heteroatoms. The van der Waals surface area contributed by atoms with E-state index >= 15 is 0 Å². The zero-order valence-electron chi connectivity index (χ0n) is 21.3. The number of piperidine rings is 1. The van der Waals surface area contributed by atoms with Gasteiger partial charge in [-0.05, 0) is 66.7 Å². The molecule has 3 aliphatic rings. The van der Waals surface area contributed by atoms with Gasteiger partial charge in [-0.1, -0.05) is 66.7 Å². The van der Waals surface area contributed by atoms with Gasteiger partial charge in [0, 0.05) is 25.4 Å². The molecule has 0 aromatic heterocycles. The Morgan fingerprint density at radius 1 is 0.811 bits per heavy atom. The van der Waals surface area contributed by atoms with Crippen molar-refractivity contribution in [3.8, 4) is 0 Å². The summed E-state index contributed by atoms with van der Waals surface area (Å²) in [5.74, 6) is 0.441. The van der Waals surface area contributed by atoms with Crippen molar-refractivity contribution in [1.82, 2.24) is 14.8 Å². The van der Waals surface area contributed by atoms with Gasteiger partial charge in [0.25, 0.3) is 5.91 Å². The number of fused-ring (bicyclic) bond motifs is 1. The molecule has 1 unspecified atom stereocenters. The maximum atomic E-state index is 13.6. The van der Waals surface area contributed by atoms with Crippen LogP contribution in [0.15, 0.2) is 77.9 Å². The quantitative estimate of drug-likeness (QED) is 0.509. The van der Waals surface area contributed by atoms with Crippen LogP contribution in [0.3, 0.4) is 0 Å². The van der Waals surface area contributed by atoms with Crippen LogP contribution in [0.5, 0.6) is 0 Å². The number of carbonyl (C=O) groups excluding carboxylic acids is 2. The third kappa shape index (κ3) is 5.03. The van der Waals surface area contributed by atoms with E-state index in [9.17, 15) is 9.59 Å². The van der Waals surface area contributed by atoms with E-state index in [0.29, 0.717) is 18.9 Å². The van der Waals surface area contributed by atoms with E-state index in [1.807, 2.05) is 35.2 Å². The van der Waals surface area contributed by atoms with E-state index in [-0.39, 0.29) is 17.9 Å². The highest BCUT2D eigenvalue weighted by Gasteiger charge is 2.35. The summed E-state index contributed by atoms with van der Waals surface area (Å²) in [6, 6.07) is 24.8. The monoisotopic (exact) mass is 494 g/mol. The number of hydrazone groups is 1. The van der Waals surface area contributed by atoms with Crippen LogP contribution < -0.4 is 0 Å². The van der Waals surface area contributed by atoms with Gasteiger partial charge in [-0.3, -0.25) is 14.5 Å². The van der Waals surface area contributed by atoms with Crippen LogP contribution in [0.1, 0.15) is 49.3 Å². The highest BCUT2D eigenvalue weighted by Crippen LogP contribution is 2.34. The van der Waals surface area contributed by atoms with E-state index in [1.165, 1.54) is 10.8 Å². The lowest BCUT2D eigenvalue weighted by Gasteiger charge is -2.33. The highest BCUT2D eigenvalue weighted by molar-refractivity contribution is 6.05. The number of benzene rings is 3. The number of carbonyl (C=O) groups is 2. The van der Waals surface area contributed by atoms with Gasteiger partial charge in [0.2, 0.25) is 5.91 Å². The minimum Gasteiger partial charge on any atom is -0.342 e. The fourth-order valence-corrected chi connectivity index (χ4v) is 6.02. The smallest absolute Gasteiger partial charge is 0.257 e. The molecule has 0 aliphatic carbocycles. The largest absolute Gasteiger partial charge is 0.342 e. The Bertz CT molecular complexity index is 1310. The second kappa shape index (κ2) is 10.5. The minimum atomic E-state index is -0.107. The van der Waals surface area contributed by atoms with E-state index in [2.05, 4.69) is 47.4 Å². The Balaban J connectivity index is 1.17. The summed E-state index contributed by atoms with van der Waals surface area (Å²) in [5, 5.41) is 8.98. The lowest BCUT2D eigenvalue weighted by Crippen LogP contribution is -2.45. The van der Waals surface area contributed by atoms with Crippen LogP contribution in [0.4, 0.5) is 0 Å². The summed E-state index contributed by atoms with van der Waals surface area (Å²) >= 11 is 0. The van der Waals surface area contributed by atoms with Crippen LogP contribution in [-0.4, -0.2) is 65.1 Å². The number of nitrogens with zero attached hydrogens (tertiary/aromatic N) is 4. The summed E-state index contributed by atoms with van der Waals surface area (Å²) in [4.78, 5) is 30.6. The Hall–Kier alpha value is -3.51. The summed E-state index contributed by atoms with van der Waals surface area (Å²) in [6.45, 7) is 3.71. The lowest BCUT2D eigenvalue weighted by molar-refractivity contribution is -0.137. The molecule has 3 heterocycles. The van der Waals surface area contributed by atoms with Crippen LogP contribution in [-0.2, 0) is 9.59 Å². The van der Waals surface area contributed by atoms with E-state index < -0.39 is 0 Å². The molecule has 3 aliphatic heterocycles. The highest BCUT2D eigenvalue weighted by atomic mass is 16.2. The zero-order valence-corrected chi connectivity index (χ0v) is 21.3. The molecular weight excluding hydrogens is 460 g/mol.